The summed E-state index contributed by atoms with van der Waals surface area (Å²) in [7, 11) is 1.57. The van der Waals surface area contributed by atoms with Gasteiger partial charge in [0.15, 0.2) is 0 Å². The maximum Gasteiger partial charge on any atom is 0.270 e. The van der Waals surface area contributed by atoms with Gasteiger partial charge < -0.3 is 10.1 Å². The Kier molecular flexibility index (Phi) is 4.89. The van der Waals surface area contributed by atoms with Gasteiger partial charge in [0.1, 0.15) is 5.75 Å². The summed E-state index contributed by atoms with van der Waals surface area (Å²) in [4.78, 5) is 10.4. The lowest BCUT2D eigenvalue weighted by Gasteiger charge is -2.28. The number of benzene rings is 1. The normalized spacial score (nSPS) is 13.1. The Bertz CT molecular complexity index is 452. The molecule has 106 valence electrons. The van der Waals surface area contributed by atoms with E-state index in [0.29, 0.717) is 12.3 Å². The summed E-state index contributed by atoms with van der Waals surface area (Å²) in [6.45, 7) is 9.09. The van der Waals surface area contributed by atoms with Crippen molar-refractivity contribution in [1.82, 2.24) is 5.32 Å². The zero-order valence-electron chi connectivity index (χ0n) is 12.2. The summed E-state index contributed by atoms with van der Waals surface area (Å²) in [6.07, 6.45) is 0. The number of nitrogens with one attached hydrogen (secondary N) is 1. The second kappa shape index (κ2) is 6.02. The molecule has 1 atom stereocenters. The number of ether oxygens (including phenoxy) is 1. The Morgan fingerprint density at radius 2 is 2.05 bits per heavy atom. The van der Waals surface area contributed by atoms with Crippen LogP contribution in [-0.2, 0) is 6.54 Å². The molecule has 1 aromatic rings. The van der Waals surface area contributed by atoms with Crippen LogP contribution in [0.15, 0.2) is 18.2 Å². The lowest BCUT2D eigenvalue weighted by Crippen LogP contribution is -2.37. The molecule has 5 heteroatoms. The minimum Gasteiger partial charge on any atom is -0.496 e. The van der Waals surface area contributed by atoms with E-state index in [1.54, 1.807) is 19.2 Å². The van der Waals surface area contributed by atoms with E-state index >= 15 is 0 Å². The molecule has 0 aromatic heterocycles. The zero-order chi connectivity index (χ0) is 14.6. The molecule has 0 bridgehead atoms. The summed E-state index contributed by atoms with van der Waals surface area (Å²) in [6, 6.07) is 4.93. The van der Waals surface area contributed by atoms with Gasteiger partial charge in [0.05, 0.1) is 12.0 Å². The van der Waals surface area contributed by atoms with Crippen molar-refractivity contribution in [3.05, 3.63) is 33.9 Å². The predicted octanol–water partition coefficient (Wildman–Crippen LogP) is 3.13. The van der Waals surface area contributed by atoms with Gasteiger partial charge >= 0.3 is 0 Å². The number of nitro benzene ring substituents is 1. The molecule has 0 amide bonds. The molecule has 1 rings (SSSR count). The Hall–Kier alpha value is -1.62. The third kappa shape index (κ3) is 4.21. The Morgan fingerprint density at radius 1 is 1.42 bits per heavy atom. The largest absolute Gasteiger partial charge is 0.496 e. The molecule has 0 fully saturated rings. The number of hydrogen-bond donors (Lipinski definition) is 1. The molecule has 0 saturated heterocycles. The van der Waals surface area contributed by atoms with Crippen LogP contribution in [0.1, 0.15) is 33.3 Å². The maximum atomic E-state index is 10.8. The molecular formula is C14H22N2O3. The van der Waals surface area contributed by atoms with Crippen molar-refractivity contribution < 1.29 is 9.66 Å². The molecule has 0 spiro atoms. The van der Waals surface area contributed by atoms with Crippen LogP contribution >= 0.6 is 0 Å². The van der Waals surface area contributed by atoms with Crippen molar-refractivity contribution in [2.45, 2.75) is 40.3 Å². The van der Waals surface area contributed by atoms with E-state index in [-0.39, 0.29) is 17.1 Å². The van der Waals surface area contributed by atoms with E-state index in [1.165, 1.54) is 6.07 Å². The smallest absolute Gasteiger partial charge is 0.270 e. The maximum absolute atomic E-state index is 10.8. The van der Waals surface area contributed by atoms with Gasteiger partial charge in [-0.05, 0) is 18.4 Å². The first-order chi connectivity index (χ1) is 8.75. The first-order valence-corrected chi connectivity index (χ1v) is 6.30. The molecule has 0 aliphatic heterocycles. The first-order valence-electron chi connectivity index (χ1n) is 6.30. The van der Waals surface area contributed by atoms with E-state index in [9.17, 15) is 10.1 Å². The molecule has 1 aromatic carbocycles. The van der Waals surface area contributed by atoms with Gasteiger partial charge in [-0.25, -0.2) is 0 Å². The molecule has 0 saturated carbocycles. The summed E-state index contributed by atoms with van der Waals surface area (Å²) in [5, 5.41) is 14.2. The Morgan fingerprint density at radius 3 is 2.53 bits per heavy atom. The van der Waals surface area contributed by atoms with E-state index in [1.807, 2.05) is 0 Å². The Balaban J connectivity index is 2.87. The lowest BCUT2D eigenvalue weighted by molar-refractivity contribution is -0.384. The molecule has 5 nitrogen and oxygen atoms in total. The molecule has 0 aliphatic carbocycles. The molecule has 0 heterocycles. The SMILES string of the molecule is COc1ccc([N+](=O)[O-])cc1CNC(C)C(C)(C)C. The molecule has 1 unspecified atom stereocenters. The highest BCUT2D eigenvalue weighted by Gasteiger charge is 2.20. The van der Waals surface area contributed by atoms with Gasteiger partial charge in [0.2, 0.25) is 0 Å². The number of hydrogen-bond acceptors (Lipinski definition) is 4. The van der Waals surface area contributed by atoms with Crippen LogP contribution in [0.2, 0.25) is 0 Å². The zero-order valence-corrected chi connectivity index (χ0v) is 12.2. The molecule has 0 radical (unpaired) electrons. The van der Waals surface area contributed by atoms with E-state index in [4.69, 9.17) is 4.74 Å². The van der Waals surface area contributed by atoms with Crippen LogP contribution in [0, 0.1) is 15.5 Å². The average Bonchev–Trinajstić information content (AvgIpc) is 2.34. The lowest BCUT2D eigenvalue weighted by atomic mass is 9.88. The fourth-order valence-electron chi connectivity index (χ4n) is 1.59. The Labute approximate surface area is 114 Å². The molecule has 19 heavy (non-hydrogen) atoms. The van der Waals surface area contributed by atoms with Crippen molar-refractivity contribution in [3.63, 3.8) is 0 Å². The summed E-state index contributed by atoms with van der Waals surface area (Å²) in [5.74, 6) is 0.666. The minimum atomic E-state index is -0.393. The second-order valence-corrected chi connectivity index (χ2v) is 5.72. The van der Waals surface area contributed by atoms with Gasteiger partial charge in [-0.2, -0.15) is 0 Å². The number of non-ortho nitro benzene ring substituents is 1. The minimum absolute atomic E-state index is 0.0843. The molecule has 0 aliphatic rings. The summed E-state index contributed by atoms with van der Waals surface area (Å²) in [5.41, 5.74) is 1.02. The average molecular weight is 266 g/mol. The highest BCUT2D eigenvalue weighted by Crippen LogP contribution is 2.25. The van der Waals surface area contributed by atoms with Gasteiger partial charge in [-0.3, -0.25) is 10.1 Å². The quantitative estimate of drug-likeness (QED) is 0.657. The van der Waals surface area contributed by atoms with Crippen molar-refractivity contribution in [2.75, 3.05) is 7.11 Å². The van der Waals surface area contributed by atoms with Crippen LogP contribution in [0.4, 0.5) is 5.69 Å². The number of methoxy groups -OCH3 is 1. The predicted molar refractivity (Wildman–Crippen MR) is 75.4 cm³/mol. The fourth-order valence-corrected chi connectivity index (χ4v) is 1.59. The van der Waals surface area contributed by atoms with Crippen LogP contribution in [0.25, 0.3) is 0 Å². The van der Waals surface area contributed by atoms with Crippen LogP contribution in [-0.4, -0.2) is 18.1 Å². The van der Waals surface area contributed by atoms with Crippen LogP contribution < -0.4 is 10.1 Å². The van der Waals surface area contributed by atoms with Crippen molar-refractivity contribution in [1.29, 1.82) is 0 Å². The van der Waals surface area contributed by atoms with Gasteiger partial charge in [-0.1, -0.05) is 20.8 Å². The summed E-state index contributed by atoms with van der Waals surface area (Å²) >= 11 is 0. The van der Waals surface area contributed by atoms with Gasteiger partial charge in [0.25, 0.3) is 5.69 Å². The molecular weight excluding hydrogens is 244 g/mol. The van der Waals surface area contributed by atoms with Crippen molar-refractivity contribution >= 4 is 5.69 Å². The number of rotatable bonds is 5. The standard InChI is InChI=1S/C14H22N2O3/c1-10(14(2,3)4)15-9-11-8-12(16(17)18)6-7-13(11)19-5/h6-8,10,15H,9H2,1-5H3. The van der Waals surface area contributed by atoms with E-state index < -0.39 is 4.92 Å². The van der Waals surface area contributed by atoms with Crippen molar-refractivity contribution in [3.8, 4) is 5.75 Å². The second-order valence-electron chi connectivity index (χ2n) is 5.72. The van der Waals surface area contributed by atoms with Gasteiger partial charge in [0, 0.05) is 30.3 Å². The number of nitro groups is 1. The van der Waals surface area contributed by atoms with E-state index in [2.05, 4.69) is 33.0 Å². The summed E-state index contributed by atoms with van der Waals surface area (Å²) < 4.78 is 5.24. The van der Waals surface area contributed by atoms with E-state index in [0.717, 1.165) is 5.56 Å². The number of nitrogens with zero attached hydrogens (tertiary/aromatic N) is 1. The third-order valence-electron chi connectivity index (χ3n) is 3.37. The topological polar surface area (TPSA) is 64.4 Å². The molecule has 1 N–H and O–H groups in total. The monoisotopic (exact) mass is 266 g/mol. The van der Waals surface area contributed by atoms with Gasteiger partial charge in [-0.15, -0.1) is 0 Å². The fraction of sp³-hybridized carbons (Fsp3) is 0.571. The third-order valence-corrected chi connectivity index (χ3v) is 3.37. The first kappa shape index (κ1) is 15.4. The van der Waals surface area contributed by atoms with Crippen LogP contribution in [0.3, 0.4) is 0 Å². The van der Waals surface area contributed by atoms with Crippen LogP contribution in [0.5, 0.6) is 5.75 Å². The van der Waals surface area contributed by atoms with Crippen molar-refractivity contribution in [2.24, 2.45) is 5.41 Å². The highest BCUT2D eigenvalue weighted by molar-refractivity contribution is 5.43. The highest BCUT2D eigenvalue weighted by atomic mass is 16.6.